The van der Waals surface area contributed by atoms with Crippen molar-refractivity contribution >= 4 is 5.91 Å². The van der Waals surface area contributed by atoms with Gasteiger partial charge in [0.05, 0.1) is 12.7 Å². The van der Waals surface area contributed by atoms with E-state index in [2.05, 4.69) is 26.1 Å². The Balaban J connectivity index is 2.27. The molecule has 1 aliphatic rings. The standard InChI is InChI=1S/C12H23NO2/c1-9(14)13-7-11-6-5-10(8-15-11)12(2,3)4/h10-11H,5-8H2,1-4H3,(H,13,14). The maximum absolute atomic E-state index is 10.7. The average molecular weight is 213 g/mol. The van der Waals surface area contributed by atoms with Gasteiger partial charge in [0.15, 0.2) is 0 Å². The molecule has 1 rings (SSSR count). The number of carbonyl (C=O) groups excluding carboxylic acids is 1. The molecule has 0 radical (unpaired) electrons. The van der Waals surface area contributed by atoms with Crippen LogP contribution in [0.1, 0.15) is 40.5 Å². The fourth-order valence-electron chi connectivity index (χ4n) is 1.91. The summed E-state index contributed by atoms with van der Waals surface area (Å²) in [6.45, 7) is 9.81. The molecule has 2 unspecified atom stereocenters. The average Bonchev–Trinajstić information content (AvgIpc) is 2.14. The van der Waals surface area contributed by atoms with Crippen LogP contribution in [0.4, 0.5) is 0 Å². The second-order valence-corrected chi connectivity index (χ2v) is 5.53. The molecule has 1 saturated heterocycles. The van der Waals surface area contributed by atoms with E-state index in [1.165, 1.54) is 6.42 Å². The molecule has 2 atom stereocenters. The van der Waals surface area contributed by atoms with Crippen LogP contribution in [-0.2, 0) is 9.53 Å². The second kappa shape index (κ2) is 4.97. The summed E-state index contributed by atoms with van der Waals surface area (Å²) in [6, 6.07) is 0. The van der Waals surface area contributed by atoms with Crippen LogP contribution in [0.15, 0.2) is 0 Å². The van der Waals surface area contributed by atoms with Crippen LogP contribution in [0, 0.1) is 11.3 Å². The SMILES string of the molecule is CC(=O)NCC1CCC(C(C)(C)C)CO1. The van der Waals surface area contributed by atoms with Gasteiger partial charge < -0.3 is 10.1 Å². The van der Waals surface area contributed by atoms with Crippen molar-refractivity contribution in [1.82, 2.24) is 5.32 Å². The van der Waals surface area contributed by atoms with Gasteiger partial charge in [-0.2, -0.15) is 0 Å². The highest BCUT2D eigenvalue weighted by atomic mass is 16.5. The predicted octanol–water partition coefficient (Wildman–Crippen LogP) is 1.96. The van der Waals surface area contributed by atoms with Gasteiger partial charge in [0.25, 0.3) is 0 Å². The molecule has 1 fully saturated rings. The van der Waals surface area contributed by atoms with Crippen LogP contribution in [0.3, 0.4) is 0 Å². The minimum Gasteiger partial charge on any atom is -0.376 e. The van der Waals surface area contributed by atoms with Crippen LogP contribution in [0.5, 0.6) is 0 Å². The molecule has 3 nitrogen and oxygen atoms in total. The van der Waals surface area contributed by atoms with E-state index in [-0.39, 0.29) is 12.0 Å². The highest BCUT2D eigenvalue weighted by molar-refractivity contribution is 5.72. The van der Waals surface area contributed by atoms with Gasteiger partial charge in [0.2, 0.25) is 5.91 Å². The number of carbonyl (C=O) groups is 1. The van der Waals surface area contributed by atoms with Gasteiger partial charge in [0, 0.05) is 13.5 Å². The molecule has 0 spiro atoms. The summed E-state index contributed by atoms with van der Waals surface area (Å²) in [6.07, 6.45) is 2.48. The molecular weight excluding hydrogens is 190 g/mol. The molecule has 1 heterocycles. The van der Waals surface area contributed by atoms with Crippen LogP contribution in [0.2, 0.25) is 0 Å². The van der Waals surface area contributed by atoms with Crippen molar-refractivity contribution < 1.29 is 9.53 Å². The molecule has 0 saturated carbocycles. The second-order valence-electron chi connectivity index (χ2n) is 5.53. The quantitative estimate of drug-likeness (QED) is 0.761. The summed E-state index contributed by atoms with van der Waals surface area (Å²) in [4.78, 5) is 10.7. The maximum atomic E-state index is 10.7. The highest BCUT2D eigenvalue weighted by Crippen LogP contribution is 2.33. The van der Waals surface area contributed by atoms with Crippen LogP contribution < -0.4 is 5.32 Å². The van der Waals surface area contributed by atoms with Gasteiger partial charge in [0.1, 0.15) is 0 Å². The lowest BCUT2D eigenvalue weighted by Gasteiger charge is -2.37. The van der Waals surface area contributed by atoms with Gasteiger partial charge in [-0.25, -0.2) is 0 Å². The Kier molecular flexibility index (Phi) is 4.14. The zero-order valence-corrected chi connectivity index (χ0v) is 10.3. The zero-order valence-electron chi connectivity index (χ0n) is 10.3. The summed E-state index contributed by atoms with van der Waals surface area (Å²) in [5, 5.41) is 2.80. The number of rotatable bonds is 2. The first-order chi connectivity index (χ1) is 6.89. The fourth-order valence-corrected chi connectivity index (χ4v) is 1.91. The molecule has 15 heavy (non-hydrogen) atoms. The normalized spacial score (nSPS) is 27.5. The van der Waals surface area contributed by atoms with Gasteiger partial charge in [-0.05, 0) is 24.2 Å². The van der Waals surface area contributed by atoms with E-state index in [9.17, 15) is 4.79 Å². The maximum Gasteiger partial charge on any atom is 0.216 e. The third-order valence-electron chi connectivity index (χ3n) is 3.17. The lowest BCUT2D eigenvalue weighted by molar-refractivity contribution is -0.120. The smallest absolute Gasteiger partial charge is 0.216 e. The largest absolute Gasteiger partial charge is 0.376 e. The Morgan fingerprint density at radius 3 is 2.47 bits per heavy atom. The first kappa shape index (κ1) is 12.5. The van der Waals surface area contributed by atoms with Gasteiger partial charge in [-0.3, -0.25) is 4.79 Å². The molecule has 1 aliphatic heterocycles. The lowest BCUT2D eigenvalue weighted by Crippen LogP contribution is -2.39. The van der Waals surface area contributed by atoms with E-state index in [1.54, 1.807) is 6.92 Å². The predicted molar refractivity (Wildman–Crippen MR) is 60.6 cm³/mol. The molecule has 0 aliphatic carbocycles. The number of nitrogens with one attached hydrogen (secondary N) is 1. The molecule has 1 N–H and O–H groups in total. The fraction of sp³-hybridized carbons (Fsp3) is 0.917. The molecule has 0 aromatic rings. The van der Waals surface area contributed by atoms with E-state index in [0.29, 0.717) is 17.9 Å². The monoisotopic (exact) mass is 213 g/mol. The Morgan fingerprint density at radius 1 is 1.40 bits per heavy atom. The summed E-state index contributed by atoms with van der Waals surface area (Å²) in [7, 11) is 0. The molecular formula is C12H23NO2. The van der Waals surface area contributed by atoms with Crippen molar-refractivity contribution in [3.63, 3.8) is 0 Å². The van der Waals surface area contributed by atoms with Crippen molar-refractivity contribution in [3.05, 3.63) is 0 Å². The molecule has 0 bridgehead atoms. The molecule has 88 valence electrons. The summed E-state index contributed by atoms with van der Waals surface area (Å²) in [5.41, 5.74) is 0.332. The van der Waals surface area contributed by atoms with Crippen LogP contribution in [-0.4, -0.2) is 25.2 Å². The van der Waals surface area contributed by atoms with Crippen molar-refractivity contribution in [3.8, 4) is 0 Å². The minimum atomic E-state index is 0.0246. The third kappa shape index (κ3) is 4.20. The lowest BCUT2D eigenvalue weighted by atomic mass is 9.77. The van der Waals surface area contributed by atoms with Crippen molar-refractivity contribution in [2.24, 2.45) is 11.3 Å². The van der Waals surface area contributed by atoms with Crippen molar-refractivity contribution in [2.75, 3.05) is 13.2 Å². The van der Waals surface area contributed by atoms with Gasteiger partial charge in [-0.1, -0.05) is 20.8 Å². The number of hydrogen-bond acceptors (Lipinski definition) is 2. The number of hydrogen-bond donors (Lipinski definition) is 1. The van der Waals surface area contributed by atoms with E-state index < -0.39 is 0 Å². The molecule has 0 aromatic heterocycles. The van der Waals surface area contributed by atoms with E-state index >= 15 is 0 Å². The summed E-state index contributed by atoms with van der Waals surface area (Å²) in [5.74, 6) is 0.669. The Bertz CT molecular complexity index is 212. The van der Waals surface area contributed by atoms with Gasteiger partial charge in [-0.15, -0.1) is 0 Å². The van der Waals surface area contributed by atoms with Crippen molar-refractivity contribution in [2.45, 2.75) is 46.6 Å². The van der Waals surface area contributed by atoms with Crippen molar-refractivity contribution in [1.29, 1.82) is 0 Å². The van der Waals surface area contributed by atoms with Crippen LogP contribution >= 0.6 is 0 Å². The summed E-state index contributed by atoms with van der Waals surface area (Å²) < 4.78 is 5.75. The molecule has 3 heteroatoms. The minimum absolute atomic E-state index is 0.0246. The molecule has 1 amide bonds. The van der Waals surface area contributed by atoms with Gasteiger partial charge >= 0.3 is 0 Å². The first-order valence-electron chi connectivity index (χ1n) is 5.75. The number of ether oxygens (including phenoxy) is 1. The molecule has 0 aromatic carbocycles. The van der Waals surface area contributed by atoms with E-state index in [4.69, 9.17) is 4.74 Å². The highest BCUT2D eigenvalue weighted by Gasteiger charge is 2.30. The van der Waals surface area contributed by atoms with E-state index in [1.807, 2.05) is 0 Å². The zero-order chi connectivity index (χ0) is 11.5. The Labute approximate surface area is 92.6 Å². The first-order valence-corrected chi connectivity index (χ1v) is 5.75. The van der Waals surface area contributed by atoms with E-state index in [0.717, 1.165) is 13.0 Å². The van der Waals surface area contributed by atoms with Crippen LogP contribution in [0.25, 0.3) is 0 Å². The third-order valence-corrected chi connectivity index (χ3v) is 3.17. The topological polar surface area (TPSA) is 38.3 Å². The Hall–Kier alpha value is -0.570. The summed E-state index contributed by atoms with van der Waals surface area (Å²) >= 11 is 0. The number of amides is 1. The Morgan fingerprint density at radius 2 is 2.07 bits per heavy atom.